The molecule has 9 heteroatoms. The molecule has 4 rings (SSSR count). The third-order valence-electron chi connectivity index (χ3n) is 5.58. The van der Waals surface area contributed by atoms with Crippen molar-refractivity contribution >= 4 is 29.0 Å². The summed E-state index contributed by atoms with van der Waals surface area (Å²) in [5, 5.41) is 24.1. The zero-order chi connectivity index (χ0) is 22.4. The van der Waals surface area contributed by atoms with Gasteiger partial charge >= 0.3 is 0 Å². The molecule has 1 N–H and O–H groups in total. The summed E-state index contributed by atoms with van der Waals surface area (Å²) in [4.78, 5) is 13.8. The number of amides is 1. The van der Waals surface area contributed by atoms with Gasteiger partial charge in [-0.3, -0.25) is 9.36 Å². The lowest BCUT2D eigenvalue weighted by Crippen LogP contribution is -2.47. The highest BCUT2D eigenvalue weighted by molar-refractivity contribution is 7.99. The zero-order valence-corrected chi connectivity index (χ0v) is 19.5. The predicted molar refractivity (Wildman–Crippen MR) is 126 cm³/mol. The number of rotatable bonds is 7. The van der Waals surface area contributed by atoms with E-state index in [4.69, 9.17) is 4.74 Å². The van der Waals surface area contributed by atoms with Crippen LogP contribution < -0.4 is 10.1 Å². The summed E-state index contributed by atoms with van der Waals surface area (Å²) >= 11 is 2.88. The summed E-state index contributed by atoms with van der Waals surface area (Å²) in [6.07, 6.45) is 5.57. The van der Waals surface area contributed by atoms with Gasteiger partial charge < -0.3 is 10.1 Å². The molecule has 0 aliphatic heterocycles. The number of nitrogens with zero attached hydrogens (tertiary/aromatic N) is 4. The largest absolute Gasteiger partial charge is 0.495 e. The van der Waals surface area contributed by atoms with E-state index < -0.39 is 5.54 Å². The van der Waals surface area contributed by atoms with Crippen LogP contribution in [-0.4, -0.2) is 39.1 Å². The minimum atomic E-state index is -0.757. The lowest BCUT2D eigenvalue weighted by atomic mass is 9.92. The SMILES string of the molecule is COc1ccccc1-n1c(SCC(=O)NC2(C#N)CCCCCC2)nnc1-c1cccs1. The van der Waals surface area contributed by atoms with Crippen molar-refractivity contribution in [3.05, 3.63) is 41.8 Å². The number of thiophene rings is 1. The third kappa shape index (κ3) is 4.81. The highest BCUT2D eigenvalue weighted by atomic mass is 32.2. The molecular formula is C23H25N5O2S2. The van der Waals surface area contributed by atoms with Crippen LogP contribution in [0.5, 0.6) is 5.75 Å². The van der Waals surface area contributed by atoms with Crippen molar-refractivity contribution in [1.82, 2.24) is 20.1 Å². The van der Waals surface area contributed by atoms with Crippen LogP contribution in [0, 0.1) is 11.3 Å². The first-order chi connectivity index (χ1) is 15.7. The maximum absolute atomic E-state index is 12.8. The van der Waals surface area contributed by atoms with Gasteiger partial charge in [-0.15, -0.1) is 21.5 Å². The van der Waals surface area contributed by atoms with E-state index in [1.165, 1.54) is 11.8 Å². The van der Waals surface area contributed by atoms with E-state index in [9.17, 15) is 10.1 Å². The van der Waals surface area contributed by atoms with Gasteiger partial charge in [0.2, 0.25) is 5.91 Å². The van der Waals surface area contributed by atoms with Gasteiger partial charge in [0.05, 0.1) is 29.5 Å². The lowest BCUT2D eigenvalue weighted by Gasteiger charge is -2.26. The van der Waals surface area contributed by atoms with Gasteiger partial charge in [-0.1, -0.05) is 55.6 Å². The molecule has 0 bridgehead atoms. The first-order valence-electron chi connectivity index (χ1n) is 10.6. The van der Waals surface area contributed by atoms with E-state index in [1.807, 2.05) is 46.3 Å². The van der Waals surface area contributed by atoms with Gasteiger partial charge in [0.25, 0.3) is 0 Å². The fourth-order valence-corrected chi connectivity index (χ4v) is 5.43. The molecule has 0 spiro atoms. The van der Waals surface area contributed by atoms with Gasteiger partial charge in [-0.25, -0.2) is 0 Å². The Hall–Kier alpha value is -2.83. The van der Waals surface area contributed by atoms with Gasteiger partial charge in [-0.2, -0.15) is 5.26 Å². The molecular weight excluding hydrogens is 442 g/mol. The fourth-order valence-electron chi connectivity index (χ4n) is 3.99. The van der Waals surface area contributed by atoms with E-state index in [0.29, 0.717) is 29.6 Å². The topological polar surface area (TPSA) is 92.8 Å². The smallest absolute Gasteiger partial charge is 0.231 e. The lowest BCUT2D eigenvalue weighted by molar-refractivity contribution is -0.120. The number of benzene rings is 1. The first-order valence-corrected chi connectivity index (χ1v) is 12.5. The van der Waals surface area contributed by atoms with E-state index in [1.54, 1.807) is 18.4 Å². The molecule has 0 radical (unpaired) electrons. The normalized spacial score (nSPS) is 15.5. The molecule has 1 aliphatic rings. The Kier molecular flexibility index (Phi) is 7.12. The Morgan fingerprint density at radius 3 is 2.69 bits per heavy atom. The molecule has 166 valence electrons. The van der Waals surface area contributed by atoms with Crippen LogP contribution in [0.3, 0.4) is 0 Å². The number of thioether (sulfide) groups is 1. The van der Waals surface area contributed by atoms with Crippen LogP contribution in [0.15, 0.2) is 46.9 Å². The Labute approximate surface area is 195 Å². The number of carbonyl (C=O) groups is 1. The summed E-state index contributed by atoms with van der Waals surface area (Å²) in [6.45, 7) is 0. The summed E-state index contributed by atoms with van der Waals surface area (Å²) in [6, 6.07) is 14.0. The van der Waals surface area contributed by atoms with Crippen LogP contribution in [0.25, 0.3) is 16.4 Å². The minimum absolute atomic E-state index is 0.154. The Morgan fingerprint density at radius 1 is 1.22 bits per heavy atom. The van der Waals surface area contributed by atoms with Crippen molar-refractivity contribution < 1.29 is 9.53 Å². The summed E-state index contributed by atoms with van der Waals surface area (Å²) < 4.78 is 7.49. The molecule has 7 nitrogen and oxygen atoms in total. The maximum atomic E-state index is 12.8. The Balaban J connectivity index is 1.58. The van der Waals surface area contributed by atoms with E-state index in [-0.39, 0.29) is 11.7 Å². The highest BCUT2D eigenvalue weighted by Gasteiger charge is 2.32. The van der Waals surface area contributed by atoms with Crippen molar-refractivity contribution in [1.29, 1.82) is 5.26 Å². The number of hydrogen-bond acceptors (Lipinski definition) is 7. The third-order valence-corrected chi connectivity index (χ3v) is 7.38. The van der Waals surface area contributed by atoms with Crippen molar-refractivity contribution in [2.75, 3.05) is 12.9 Å². The second-order valence-corrected chi connectivity index (χ2v) is 9.63. The number of ether oxygens (including phenoxy) is 1. The van der Waals surface area contributed by atoms with Crippen molar-refractivity contribution in [3.8, 4) is 28.2 Å². The number of hydrogen-bond donors (Lipinski definition) is 1. The molecule has 32 heavy (non-hydrogen) atoms. The van der Waals surface area contributed by atoms with E-state index in [0.717, 1.165) is 36.2 Å². The van der Waals surface area contributed by atoms with Gasteiger partial charge in [0.15, 0.2) is 11.0 Å². The number of methoxy groups -OCH3 is 1. The number of para-hydroxylation sites is 2. The highest BCUT2D eigenvalue weighted by Crippen LogP contribution is 2.34. The average Bonchev–Trinajstić information content (AvgIpc) is 3.44. The number of nitriles is 1. The van der Waals surface area contributed by atoms with Crippen LogP contribution in [-0.2, 0) is 4.79 Å². The van der Waals surface area contributed by atoms with Crippen LogP contribution in [0.2, 0.25) is 0 Å². The number of carbonyl (C=O) groups excluding carboxylic acids is 1. The average molecular weight is 468 g/mol. The summed E-state index contributed by atoms with van der Waals surface area (Å²) in [7, 11) is 1.63. The van der Waals surface area contributed by atoms with Crippen LogP contribution in [0.4, 0.5) is 0 Å². The molecule has 1 fully saturated rings. The molecule has 0 atom stereocenters. The monoisotopic (exact) mass is 467 g/mol. The second kappa shape index (κ2) is 10.2. The standard InChI is InChI=1S/C23H25N5O2S2/c1-30-18-10-5-4-9-17(18)28-21(19-11-8-14-31-19)26-27-22(28)32-15-20(29)25-23(16-24)12-6-2-3-7-13-23/h4-5,8-11,14H,2-3,6-7,12-13,15H2,1H3,(H,25,29). The Bertz CT molecular complexity index is 1100. The van der Waals surface area contributed by atoms with Crippen molar-refractivity contribution in [2.24, 2.45) is 0 Å². The second-order valence-electron chi connectivity index (χ2n) is 7.74. The van der Waals surface area contributed by atoms with E-state index in [2.05, 4.69) is 21.6 Å². The van der Waals surface area contributed by atoms with Gasteiger partial charge in [0.1, 0.15) is 11.3 Å². The molecule has 2 aromatic heterocycles. The van der Waals surface area contributed by atoms with Crippen molar-refractivity contribution in [3.63, 3.8) is 0 Å². The molecule has 1 aliphatic carbocycles. The molecule has 1 aromatic carbocycles. The predicted octanol–water partition coefficient (Wildman–Crippen LogP) is 4.83. The molecule has 0 saturated heterocycles. The molecule has 0 unspecified atom stereocenters. The van der Waals surface area contributed by atoms with Crippen LogP contribution in [0.1, 0.15) is 38.5 Å². The molecule has 1 saturated carbocycles. The van der Waals surface area contributed by atoms with Gasteiger partial charge in [0, 0.05) is 0 Å². The number of aromatic nitrogens is 3. The minimum Gasteiger partial charge on any atom is -0.495 e. The summed E-state index contributed by atoms with van der Waals surface area (Å²) in [5.41, 5.74) is 0.0515. The molecule has 1 amide bonds. The first kappa shape index (κ1) is 22.4. The molecule has 3 aromatic rings. The molecule has 2 heterocycles. The zero-order valence-electron chi connectivity index (χ0n) is 17.9. The van der Waals surface area contributed by atoms with Gasteiger partial charge in [-0.05, 0) is 36.4 Å². The van der Waals surface area contributed by atoms with Crippen LogP contribution >= 0.6 is 23.1 Å². The number of nitrogens with one attached hydrogen (secondary N) is 1. The quantitative estimate of drug-likeness (QED) is 0.395. The van der Waals surface area contributed by atoms with Crippen molar-refractivity contribution in [2.45, 2.75) is 49.2 Å². The fraction of sp³-hybridized carbons (Fsp3) is 0.391. The maximum Gasteiger partial charge on any atom is 0.231 e. The van der Waals surface area contributed by atoms with E-state index >= 15 is 0 Å². The summed E-state index contributed by atoms with van der Waals surface area (Å²) in [5.74, 6) is 1.38. The Morgan fingerprint density at radius 2 is 2.00 bits per heavy atom.